The van der Waals surface area contributed by atoms with Gasteiger partial charge in [0.25, 0.3) is 0 Å². The summed E-state index contributed by atoms with van der Waals surface area (Å²) >= 11 is 0. The molecule has 8 atom stereocenters. The van der Waals surface area contributed by atoms with Crippen LogP contribution in [0, 0.1) is 45.8 Å². The lowest BCUT2D eigenvalue weighted by atomic mass is 9.41. The Labute approximate surface area is 156 Å². The van der Waals surface area contributed by atoms with E-state index in [1.54, 1.807) is 0 Å². The Morgan fingerprint density at radius 1 is 0.800 bits per heavy atom. The molecule has 0 heterocycles. The molecule has 0 saturated heterocycles. The summed E-state index contributed by atoms with van der Waals surface area (Å²) in [5, 5.41) is 0. The zero-order valence-electron chi connectivity index (χ0n) is 17.7. The summed E-state index contributed by atoms with van der Waals surface area (Å²) in [6.07, 6.45) is 13.6. The number of rotatable bonds is 2. The van der Waals surface area contributed by atoms with E-state index < -0.39 is 0 Å². The van der Waals surface area contributed by atoms with Crippen molar-refractivity contribution in [3.05, 3.63) is 0 Å². The summed E-state index contributed by atoms with van der Waals surface area (Å²) in [4.78, 5) is 0. The highest BCUT2D eigenvalue weighted by atomic mass is 16.5. The quantitative estimate of drug-likeness (QED) is 0.540. The zero-order valence-corrected chi connectivity index (χ0v) is 17.7. The molecule has 0 N–H and O–H groups in total. The molecule has 144 valence electrons. The normalized spacial score (nSPS) is 54.5. The molecule has 25 heavy (non-hydrogen) atoms. The van der Waals surface area contributed by atoms with Gasteiger partial charge in [-0.25, -0.2) is 0 Å². The van der Waals surface area contributed by atoms with Gasteiger partial charge < -0.3 is 4.74 Å². The van der Waals surface area contributed by atoms with Crippen molar-refractivity contribution in [2.24, 2.45) is 45.8 Å². The van der Waals surface area contributed by atoms with Crippen LogP contribution < -0.4 is 0 Å². The highest BCUT2D eigenvalue weighted by Crippen LogP contribution is 2.69. The third-order valence-electron chi connectivity index (χ3n) is 10.5. The standard InChI is InChI=1S/C24H42O/c1-7-16-8-10-18-17-9-11-20-22(2,3)21(25-6)13-15-24(20,5)19(17)12-14-23(16,18)4/h16-21H,7-15H2,1-6H3. The third kappa shape index (κ3) is 2.36. The second-order valence-corrected chi connectivity index (χ2v) is 11.3. The maximum atomic E-state index is 5.95. The van der Waals surface area contributed by atoms with Crippen molar-refractivity contribution in [3.8, 4) is 0 Å². The molecule has 0 radical (unpaired) electrons. The molecule has 0 aromatic rings. The molecule has 0 aromatic carbocycles. The summed E-state index contributed by atoms with van der Waals surface area (Å²) in [5.41, 5.74) is 1.57. The van der Waals surface area contributed by atoms with E-state index in [1.807, 2.05) is 7.11 Å². The molecule has 1 nitrogen and oxygen atoms in total. The third-order valence-corrected chi connectivity index (χ3v) is 10.5. The van der Waals surface area contributed by atoms with Gasteiger partial charge >= 0.3 is 0 Å². The van der Waals surface area contributed by atoms with Crippen LogP contribution in [0.15, 0.2) is 0 Å². The van der Waals surface area contributed by atoms with Crippen LogP contribution >= 0.6 is 0 Å². The Hall–Kier alpha value is -0.0400. The van der Waals surface area contributed by atoms with Crippen LogP contribution in [0.2, 0.25) is 0 Å². The van der Waals surface area contributed by atoms with Crippen LogP contribution in [-0.2, 0) is 4.74 Å². The molecule has 0 bridgehead atoms. The number of hydrogen-bond acceptors (Lipinski definition) is 1. The lowest BCUT2D eigenvalue weighted by Crippen LogP contribution is -2.59. The minimum atomic E-state index is 0.342. The highest BCUT2D eigenvalue weighted by molar-refractivity contribution is 5.12. The van der Waals surface area contributed by atoms with E-state index in [-0.39, 0.29) is 0 Å². The molecule has 4 aliphatic carbocycles. The van der Waals surface area contributed by atoms with Crippen LogP contribution in [0.1, 0.15) is 92.4 Å². The second kappa shape index (κ2) is 5.98. The fourth-order valence-corrected chi connectivity index (χ4v) is 9.28. The van der Waals surface area contributed by atoms with Gasteiger partial charge in [-0.3, -0.25) is 0 Å². The summed E-state index contributed by atoms with van der Waals surface area (Å²) in [6.45, 7) is 12.8. The average molecular weight is 347 g/mol. The fourth-order valence-electron chi connectivity index (χ4n) is 9.28. The van der Waals surface area contributed by atoms with E-state index in [4.69, 9.17) is 4.74 Å². The van der Waals surface area contributed by atoms with Crippen LogP contribution in [0.3, 0.4) is 0 Å². The number of fused-ring (bicyclic) bond motifs is 5. The SMILES string of the molecule is CCC1CCC2C3CCC4C(C)(C)C(OC)CCC4(C)C3CCC12C. The van der Waals surface area contributed by atoms with Crippen molar-refractivity contribution < 1.29 is 4.74 Å². The minimum absolute atomic E-state index is 0.342. The molecule has 1 heteroatoms. The molecule has 0 aromatic heterocycles. The van der Waals surface area contributed by atoms with Crippen molar-refractivity contribution in [2.45, 2.75) is 98.5 Å². The Morgan fingerprint density at radius 2 is 1.48 bits per heavy atom. The predicted molar refractivity (Wildman–Crippen MR) is 105 cm³/mol. The van der Waals surface area contributed by atoms with Gasteiger partial charge in [0.2, 0.25) is 0 Å². The first-order valence-electron chi connectivity index (χ1n) is 11.3. The molecule has 4 saturated carbocycles. The van der Waals surface area contributed by atoms with Gasteiger partial charge in [0, 0.05) is 7.11 Å². The average Bonchev–Trinajstić information content (AvgIpc) is 2.91. The molecule has 8 unspecified atom stereocenters. The lowest BCUT2D eigenvalue weighted by molar-refractivity contribution is -0.184. The van der Waals surface area contributed by atoms with Gasteiger partial charge in [-0.2, -0.15) is 0 Å². The van der Waals surface area contributed by atoms with Crippen molar-refractivity contribution in [1.29, 1.82) is 0 Å². The predicted octanol–water partition coefficient (Wildman–Crippen LogP) is 6.71. The molecule has 0 spiro atoms. The van der Waals surface area contributed by atoms with E-state index in [0.29, 0.717) is 22.3 Å². The van der Waals surface area contributed by atoms with Crippen molar-refractivity contribution in [1.82, 2.24) is 0 Å². The Bertz CT molecular complexity index is 510. The first kappa shape index (κ1) is 18.3. The monoisotopic (exact) mass is 346 g/mol. The summed E-state index contributed by atoms with van der Waals surface area (Å²) < 4.78 is 5.95. The van der Waals surface area contributed by atoms with Crippen molar-refractivity contribution in [3.63, 3.8) is 0 Å². The Balaban J connectivity index is 1.63. The molecule has 0 aliphatic heterocycles. The van der Waals surface area contributed by atoms with Crippen LogP contribution in [0.4, 0.5) is 0 Å². The van der Waals surface area contributed by atoms with Gasteiger partial charge in [0.15, 0.2) is 0 Å². The minimum Gasteiger partial charge on any atom is -0.381 e. The van der Waals surface area contributed by atoms with Crippen molar-refractivity contribution in [2.75, 3.05) is 7.11 Å². The van der Waals surface area contributed by atoms with Gasteiger partial charge in [-0.05, 0) is 97.2 Å². The maximum Gasteiger partial charge on any atom is 0.0625 e. The largest absolute Gasteiger partial charge is 0.381 e. The summed E-state index contributed by atoms with van der Waals surface area (Å²) in [6, 6.07) is 0. The zero-order chi connectivity index (χ0) is 18.0. The topological polar surface area (TPSA) is 9.23 Å². The van der Waals surface area contributed by atoms with Crippen LogP contribution in [0.25, 0.3) is 0 Å². The molecule has 4 fully saturated rings. The molecule has 0 amide bonds. The maximum absolute atomic E-state index is 5.95. The molecular weight excluding hydrogens is 304 g/mol. The fraction of sp³-hybridized carbons (Fsp3) is 1.00. The molecule has 4 rings (SSSR count). The second-order valence-electron chi connectivity index (χ2n) is 11.3. The van der Waals surface area contributed by atoms with E-state index >= 15 is 0 Å². The summed E-state index contributed by atoms with van der Waals surface area (Å²) in [5.74, 6) is 4.89. The van der Waals surface area contributed by atoms with E-state index in [9.17, 15) is 0 Å². The number of ether oxygens (including phenoxy) is 1. The van der Waals surface area contributed by atoms with E-state index in [0.717, 1.165) is 29.6 Å². The first-order valence-corrected chi connectivity index (χ1v) is 11.3. The van der Waals surface area contributed by atoms with Gasteiger partial charge in [0.05, 0.1) is 6.10 Å². The van der Waals surface area contributed by atoms with Gasteiger partial charge in [-0.15, -0.1) is 0 Å². The van der Waals surface area contributed by atoms with Gasteiger partial charge in [0.1, 0.15) is 0 Å². The van der Waals surface area contributed by atoms with E-state index in [1.165, 1.54) is 57.8 Å². The number of methoxy groups -OCH3 is 1. The summed E-state index contributed by atoms with van der Waals surface area (Å²) in [7, 11) is 1.94. The molecule has 4 aliphatic rings. The van der Waals surface area contributed by atoms with Gasteiger partial charge in [-0.1, -0.05) is 41.0 Å². The van der Waals surface area contributed by atoms with Crippen LogP contribution in [0.5, 0.6) is 0 Å². The molecular formula is C24H42O. The Kier molecular flexibility index (Phi) is 4.38. The Morgan fingerprint density at radius 3 is 2.16 bits per heavy atom. The van der Waals surface area contributed by atoms with E-state index in [2.05, 4.69) is 34.6 Å². The van der Waals surface area contributed by atoms with Crippen molar-refractivity contribution >= 4 is 0 Å². The number of hydrogen-bond donors (Lipinski definition) is 0. The lowest BCUT2D eigenvalue weighted by Gasteiger charge is -2.65. The first-order chi connectivity index (χ1) is 11.8. The van der Waals surface area contributed by atoms with Crippen LogP contribution in [-0.4, -0.2) is 13.2 Å². The smallest absolute Gasteiger partial charge is 0.0625 e. The highest BCUT2D eigenvalue weighted by Gasteiger charge is 2.62.